The van der Waals surface area contributed by atoms with Crippen molar-refractivity contribution < 1.29 is 44.7 Å². The molecular weight excluding hydrogens is 738 g/mol. The molecule has 8 rings (SSSR count). The summed E-state index contributed by atoms with van der Waals surface area (Å²) in [5.74, 6) is 0. The molecule has 0 radical (unpaired) electrons. The summed E-state index contributed by atoms with van der Waals surface area (Å²) in [6, 6.07) is 35.9. The first-order chi connectivity index (χ1) is 22.3. The third-order valence-electron chi connectivity index (χ3n) is 6.28. The van der Waals surface area contributed by atoms with Crippen LogP contribution in [-0.4, -0.2) is 29.9 Å². The van der Waals surface area contributed by atoms with Crippen LogP contribution in [0.25, 0.3) is 55.0 Å². The van der Waals surface area contributed by atoms with Crippen molar-refractivity contribution in [1.29, 1.82) is 0 Å². The van der Waals surface area contributed by atoms with Crippen LogP contribution in [0.2, 0.25) is 0 Å². The Kier molecular flexibility index (Phi) is 10.8. The summed E-state index contributed by atoms with van der Waals surface area (Å²) in [6.45, 7) is 0. The van der Waals surface area contributed by atoms with Crippen molar-refractivity contribution in [1.82, 2.24) is 29.9 Å². The molecule has 0 saturated carbocycles. The minimum atomic E-state index is -10.7. The van der Waals surface area contributed by atoms with E-state index in [4.69, 9.17) is 0 Å². The van der Waals surface area contributed by atoms with E-state index < -0.39 is 7.81 Å². The number of hydrogen-bond acceptors (Lipinski definition) is 6. The quantitative estimate of drug-likeness (QED) is 0.0717. The Morgan fingerprint density at radius 3 is 0.792 bits per heavy atom. The smallest absolute Gasteiger partial charge is 0.255 e. The number of nitrogens with zero attached hydrogens (tertiary/aromatic N) is 6. The average Bonchev–Trinajstić information content (AvgIpc) is 3.08. The minimum absolute atomic E-state index is 0. The Balaban J connectivity index is 0.000000148. The van der Waals surface area contributed by atoms with Crippen LogP contribution in [0.1, 0.15) is 0 Å². The van der Waals surface area contributed by atoms with Crippen molar-refractivity contribution in [2.45, 2.75) is 0 Å². The number of halogens is 6. The van der Waals surface area contributed by atoms with Crippen LogP contribution in [0.3, 0.4) is 0 Å². The maximum absolute atomic E-state index is 10.7. The Bertz CT molecular complexity index is 2000. The average molecular weight is 763 g/mol. The molecule has 0 amide bonds. The van der Waals surface area contributed by atoms with Gasteiger partial charge in [-0.05, 0) is 48.5 Å². The van der Waals surface area contributed by atoms with Crippen LogP contribution in [0.5, 0.6) is 0 Å². The van der Waals surface area contributed by atoms with Gasteiger partial charge in [0.25, 0.3) is 0 Å². The van der Waals surface area contributed by atoms with E-state index in [2.05, 4.69) is 78.4 Å². The fourth-order valence-electron chi connectivity index (χ4n) is 4.39. The first kappa shape index (κ1) is 35.9. The molecule has 0 atom stereocenters. The van der Waals surface area contributed by atoms with Gasteiger partial charge < -0.3 is 0 Å². The summed E-state index contributed by atoms with van der Waals surface area (Å²) in [5, 5.41) is 4.55. The molecule has 0 aliphatic rings. The number of rotatable bonds is 1. The first-order valence-corrected chi connectivity index (χ1v) is 15.9. The summed E-state index contributed by atoms with van der Waals surface area (Å²) in [5.41, 5.74) is 5.74. The molecule has 14 heteroatoms. The number of benzene rings is 2. The van der Waals surface area contributed by atoms with Gasteiger partial charge in [0.15, 0.2) is 0 Å². The summed E-state index contributed by atoms with van der Waals surface area (Å²) >= 11 is 0. The third kappa shape index (κ3) is 11.1. The second-order valence-electron chi connectivity index (χ2n) is 9.82. The maximum Gasteiger partial charge on any atom is 2.00 e. The maximum atomic E-state index is 9.87. The van der Waals surface area contributed by atoms with Gasteiger partial charge in [-0.3, -0.25) is 29.9 Å². The van der Waals surface area contributed by atoms with Crippen molar-refractivity contribution in [2.24, 2.45) is 0 Å². The molecule has 8 aromatic rings. The molecule has 0 spiro atoms. The molecule has 0 aliphatic carbocycles. The van der Waals surface area contributed by atoms with Crippen LogP contribution in [0.4, 0.5) is 25.2 Å². The van der Waals surface area contributed by atoms with E-state index in [1.807, 2.05) is 60.7 Å². The Morgan fingerprint density at radius 2 is 0.562 bits per heavy atom. The van der Waals surface area contributed by atoms with Gasteiger partial charge in [-0.15, -0.1) is 0 Å². The predicted molar refractivity (Wildman–Crippen MR) is 175 cm³/mol. The Labute approximate surface area is 283 Å². The monoisotopic (exact) mass is 763 g/mol. The van der Waals surface area contributed by atoms with E-state index in [0.29, 0.717) is 0 Å². The Morgan fingerprint density at radius 1 is 0.312 bits per heavy atom. The zero-order valence-electron chi connectivity index (χ0n) is 24.6. The molecule has 0 unspecified atom stereocenters. The van der Waals surface area contributed by atoms with Crippen LogP contribution >= 0.6 is 7.81 Å². The van der Waals surface area contributed by atoms with Gasteiger partial charge >= 0.3 is 52.5 Å². The fourth-order valence-corrected chi connectivity index (χ4v) is 4.39. The van der Waals surface area contributed by atoms with E-state index in [1.54, 1.807) is 37.2 Å². The summed E-state index contributed by atoms with van der Waals surface area (Å²) in [7, 11) is -10.7. The molecule has 48 heavy (non-hydrogen) atoms. The predicted octanol–water partition coefficient (Wildman–Crippen LogP) is 11.1. The summed E-state index contributed by atoms with van der Waals surface area (Å²) in [4.78, 5) is 25.8. The van der Waals surface area contributed by atoms with Gasteiger partial charge in [-0.1, -0.05) is 60.7 Å². The second-order valence-corrected chi connectivity index (χ2v) is 11.7. The molecule has 0 saturated heterocycles. The third-order valence-corrected chi connectivity index (χ3v) is 6.28. The van der Waals surface area contributed by atoms with Gasteiger partial charge in [0.05, 0.1) is 33.5 Å². The van der Waals surface area contributed by atoms with Crippen LogP contribution < -0.4 is 0 Å². The van der Waals surface area contributed by atoms with Crippen molar-refractivity contribution in [3.8, 4) is 11.4 Å². The Hall–Kier alpha value is -4.99. The number of aromatic nitrogens is 6. The van der Waals surface area contributed by atoms with Gasteiger partial charge in [-0.2, -0.15) is 0 Å². The summed E-state index contributed by atoms with van der Waals surface area (Å²) < 4.78 is 59.2. The molecule has 0 bridgehead atoms. The number of hydrogen-bond donors (Lipinski definition) is 0. The fraction of sp³-hybridized carbons (Fsp3) is 0. The van der Waals surface area contributed by atoms with Crippen molar-refractivity contribution in [3.05, 3.63) is 146 Å². The van der Waals surface area contributed by atoms with E-state index in [1.165, 1.54) is 0 Å². The molecule has 244 valence electrons. The van der Waals surface area contributed by atoms with Crippen molar-refractivity contribution >= 4 is 51.4 Å². The molecule has 6 aromatic heterocycles. The molecule has 6 nitrogen and oxygen atoms in total. The van der Waals surface area contributed by atoms with Gasteiger partial charge in [0, 0.05) is 58.7 Å². The topological polar surface area (TPSA) is 77.3 Å². The van der Waals surface area contributed by atoms with E-state index >= 15 is 0 Å². The molecule has 0 aliphatic heterocycles. The minimum Gasteiger partial charge on any atom is -0.255 e. The zero-order valence-corrected chi connectivity index (χ0v) is 27.2. The first-order valence-electron chi connectivity index (χ1n) is 13.9. The normalized spacial score (nSPS) is 12.1. The van der Waals surface area contributed by atoms with E-state index in [0.717, 1.165) is 55.0 Å². The van der Waals surface area contributed by atoms with Crippen LogP contribution in [-0.2, 0) is 19.5 Å². The molecule has 6 heterocycles. The van der Waals surface area contributed by atoms with Gasteiger partial charge in [-0.25, -0.2) is 0 Å². The van der Waals surface area contributed by atoms with E-state index in [9.17, 15) is 25.2 Å². The largest absolute Gasteiger partial charge is 2.00 e. The van der Waals surface area contributed by atoms with Gasteiger partial charge in [0.2, 0.25) is 0 Å². The number of pyridine rings is 6. The zero-order chi connectivity index (χ0) is 33.4. The van der Waals surface area contributed by atoms with Crippen molar-refractivity contribution in [3.63, 3.8) is 0 Å². The standard InChI is InChI=1S/2C12H8N2.C10H8N2.F6P.Ru/c2*1-3-9-5-6-10-4-2-8-14-12(10)11(9)13-7-1;1-3-7-11-9(5-1)10-6-2-4-8-12-10;1-7(2,3,4,5)6;/h2*1-8H;1-8H;;/q;;;-1;+2. The summed E-state index contributed by atoms with van der Waals surface area (Å²) in [6.07, 6.45) is 10.7. The van der Waals surface area contributed by atoms with Crippen LogP contribution in [0.15, 0.2) is 146 Å². The van der Waals surface area contributed by atoms with Crippen molar-refractivity contribution in [2.75, 3.05) is 0 Å². The van der Waals surface area contributed by atoms with E-state index in [-0.39, 0.29) is 19.5 Å². The van der Waals surface area contributed by atoms with Gasteiger partial charge in [0.1, 0.15) is 0 Å². The molecule has 0 N–H and O–H groups in total. The molecular formula is C34H24F6N6PRu+. The molecule has 2 aromatic carbocycles. The SMILES string of the molecule is F[P-](F)(F)(F)(F)F.[Ru+2].c1ccc(-c2ccccn2)nc1.c1cnc2c(c1)ccc1cccnc12.c1cnc2c(c1)ccc1cccnc12. The molecule has 0 fully saturated rings. The number of fused-ring (bicyclic) bond motifs is 6. The second kappa shape index (κ2) is 14.4. The van der Waals surface area contributed by atoms with Crippen LogP contribution in [0, 0.1) is 0 Å².